The van der Waals surface area contributed by atoms with Crippen molar-refractivity contribution in [2.24, 2.45) is 0 Å². The van der Waals surface area contributed by atoms with Gasteiger partial charge in [0.05, 0.1) is 4.90 Å². The fourth-order valence-electron chi connectivity index (χ4n) is 1.82. The lowest BCUT2D eigenvalue weighted by Crippen LogP contribution is -2.14. The number of benzene rings is 1. The van der Waals surface area contributed by atoms with Gasteiger partial charge in [0.1, 0.15) is 5.82 Å². The maximum Gasteiger partial charge on any atom is 0.200 e. The minimum absolute atomic E-state index is 0.0735. The van der Waals surface area contributed by atoms with Crippen molar-refractivity contribution in [3.05, 3.63) is 35.0 Å². The molecule has 0 saturated carbocycles. The average Bonchev–Trinajstić information content (AvgIpc) is 2.38. The van der Waals surface area contributed by atoms with E-state index in [1.807, 2.05) is 19.0 Å². The molecule has 0 bridgehead atoms. The highest BCUT2D eigenvalue weighted by molar-refractivity contribution is 7.95. The Balaban J connectivity index is 2.62. The van der Waals surface area contributed by atoms with Gasteiger partial charge in [0.15, 0.2) is 0 Å². The number of rotatable bonds is 2. The Hall–Kier alpha value is -1.20. The van der Waals surface area contributed by atoms with Crippen LogP contribution in [0.3, 0.4) is 0 Å². The first-order chi connectivity index (χ1) is 7.42. The Kier molecular flexibility index (Phi) is 2.59. The van der Waals surface area contributed by atoms with Crippen LogP contribution in [-0.2, 0) is 9.84 Å². The van der Waals surface area contributed by atoms with E-state index in [2.05, 4.69) is 0 Å². The summed E-state index contributed by atoms with van der Waals surface area (Å²) in [7, 11) is 0.172. The van der Waals surface area contributed by atoms with Crippen molar-refractivity contribution < 1.29 is 12.8 Å². The third-order valence-electron chi connectivity index (χ3n) is 2.39. The fourth-order valence-corrected chi connectivity index (χ4v) is 3.30. The van der Waals surface area contributed by atoms with Gasteiger partial charge < -0.3 is 4.90 Å². The summed E-state index contributed by atoms with van der Waals surface area (Å²) in [5.41, 5.74) is 0.731. The van der Waals surface area contributed by atoms with Crippen LogP contribution in [-0.4, -0.2) is 34.0 Å². The van der Waals surface area contributed by atoms with Gasteiger partial charge >= 0.3 is 0 Å². The van der Waals surface area contributed by atoms with E-state index in [-0.39, 0.29) is 10.5 Å². The van der Waals surface area contributed by atoms with Crippen LogP contribution in [0.15, 0.2) is 28.5 Å². The van der Waals surface area contributed by atoms with Gasteiger partial charge in [0.25, 0.3) is 0 Å². The molecule has 0 aromatic heterocycles. The summed E-state index contributed by atoms with van der Waals surface area (Å²) >= 11 is 0. The molecule has 1 heterocycles. The summed E-state index contributed by atoms with van der Waals surface area (Å²) in [5, 5.41) is 1.15. The molecule has 1 aliphatic heterocycles. The van der Waals surface area contributed by atoms with Crippen LogP contribution in [0.1, 0.15) is 5.56 Å². The third-order valence-corrected chi connectivity index (χ3v) is 3.94. The molecule has 2 rings (SSSR count). The Labute approximate surface area is 94.1 Å². The van der Waals surface area contributed by atoms with E-state index in [4.69, 9.17) is 0 Å². The minimum atomic E-state index is -3.45. The maximum absolute atomic E-state index is 13.6. The summed E-state index contributed by atoms with van der Waals surface area (Å²) in [6.45, 7) is 0.410. The van der Waals surface area contributed by atoms with Gasteiger partial charge in [-0.05, 0) is 31.8 Å². The number of hydrogen-bond acceptors (Lipinski definition) is 3. The maximum atomic E-state index is 13.6. The van der Waals surface area contributed by atoms with Crippen molar-refractivity contribution in [3.63, 3.8) is 0 Å². The zero-order valence-corrected chi connectivity index (χ0v) is 9.88. The van der Waals surface area contributed by atoms with Crippen molar-refractivity contribution in [2.75, 3.05) is 20.6 Å². The Morgan fingerprint density at radius 2 is 2.00 bits per heavy atom. The number of fused-ring (bicyclic) bond motifs is 1. The summed E-state index contributed by atoms with van der Waals surface area (Å²) in [6, 6.07) is 4.13. The first-order valence-electron chi connectivity index (χ1n) is 4.81. The SMILES string of the molecule is CN(C)CC1=CS(=O)(=O)c2cccc(F)c21. The second kappa shape index (κ2) is 3.68. The third kappa shape index (κ3) is 1.76. The van der Waals surface area contributed by atoms with Gasteiger partial charge in [-0.1, -0.05) is 6.07 Å². The number of likely N-dealkylation sites (N-methyl/N-ethyl adjacent to an activating group) is 1. The zero-order chi connectivity index (χ0) is 11.9. The van der Waals surface area contributed by atoms with Crippen molar-refractivity contribution in [1.29, 1.82) is 0 Å². The molecule has 0 spiro atoms. The fraction of sp³-hybridized carbons (Fsp3) is 0.273. The molecule has 1 aromatic carbocycles. The highest BCUT2D eigenvalue weighted by Gasteiger charge is 2.29. The van der Waals surface area contributed by atoms with Crippen molar-refractivity contribution in [1.82, 2.24) is 4.90 Å². The molecule has 3 nitrogen and oxygen atoms in total. The van der Waals surface area contributed by atoms with Crippen LogP contribution in [0.25, 0.3) is 5.57 Å². The van der Waals surface area contributed by atoms with Gasteiger partial charge in [-0.15, -0.1) is 0 Å². The molecule has 0 saturated heterocycles. The second-order valence-electron chi connectivity index (χ2n) is 4.04. The number of sulfone groups is 1. The molecule has 0 N–H and O–H groups in total. The van der Waals surface area contributed by atoms with E-state index in [1.54, 1.807) is 0 Å². The van der Waals surface area contributed by atoms with Crippen LogP contribution >= 0.6 is 0 Å². The predicted molar refractivity (Wildman–Crippen MR) is 60.1 cm³/mol. The molecule has 0 aliphatic carbocycles. The monoisotopic (exact) mass is 241 g/mol. The van der Waals surface area contributed by atoms with E-state index < -0.39 is 15.7 Å². The Bertz CT molecular complexity index is 561. The van der Waals surface area contributed by atoms with Crippen molar-refractivity contribution >= 4 is 15.4 Å². The first kappa shape index (κ1) is 11.3. The molecule has 0 amide bonds. The molecule has 1 aliphatic rings. The Morgan fingerprint density at radius 3 is 2.62 bits per heavy atom. The van der Waals surface area contributed by atoms with Crippen LogP contribution < -0.4 is 0 Å². The normalized spacial score (nSPS) is 17.4. The van der Waals surface area contributed by atoms with Gasteiger partial charge in [-0.3, -0.25) is 0 Å². The number of nitrogens with zero attached hydrogens (tertiary/aromatic N) is 1. The van der Waals surface area contributed by atoms with Crippen LogP contribution in [0.2, 0.25) is 0 Å². The van der Waals surface area contributed by atoms with Gasteiger partial charge in [-0.25, -0.2) is 12.8 Å². The molecular formula is C11H12FNO2S. The van der Waals surface area contributed by atoms with Crippen molar-refractivity contribution in [3.8, 4) is 0 Å². The van der Waals surface area contributed by atoms with Crippen LogP contribution in [0.5, 0.6) is 0 Å². The van der Waals surface area contributed by atoms with Gasteiger partial charge in [0, 0.05) is 17.5 Å². The molecule has 0 radical (unpaired) electrons. The van der Waals surface area contributed by atoms with E-state index in [0.717, 1.165) is 5.41 Å². The largest absolute Gasteiger partial charge is 0.305 e. The summed E-state index contributed by atoms with van der Waals surface area (Å²) < 4.78 is 37.1. The molecule has 5 heteroatoms. The summed E-state index contributed by atoms with van der Waals surface area (Å²) in [6.07, 6.45) is 0. The minimum Gasteiger partial charge on any atom is -0.305 e. The average molecular weight is 241 g/mol. The lowest BCUT2D eigenvalue weighted by atomic mass is 10.1. The lowest BCUT2D eigenvalue weighted by molar-refractivity contribution is 0.462. The summed E-state index contributed by atoms with van der Waals surface area (Å²) in [5.74, 6) is -0.480. The van der Waals surface area contributed by atoms with Crippen LogP contribution in [0, 0.1) is 5.82 Å². The number of halogens is 1. The van der Waals surface area contributed by atoms with Crippen LogP contribution in [0.4, 0.5) is 4.39 Å². The molecule has 16 heavy (non-hydrogen) atoms. The molecular weight excluding hydrogens is 229 g/mol. The molecule has 1 aromatic rings. The second-order valence-corrected chi connectivity index (χ2v) is 5.80. The van der Waals surface area contributed by atoms with Gasteiger partial charge in [0.2, 0.25) is 9.84 Å². The molecule has 0 atom stereocenters. The summed E-state index contributed by atoms with van der Waals surface area (Å²) in [4.78, 5) is 1.88. The molecule has 0 fully saturated rings. The Morgan fingerprint density at radius 1 is 1.31 bits per heavy atom. The quantitative estimate of drug-likeness (QED) is 0.787. The van der Waals surface area contributed by atoms with E-state index in [1.165, 1.54) is 18.2 Å². The smallest absolute Gasteiger partial charge is 0.200 e. The lowest BCUT2D eigenvalue weighted by Gasteiger charge is -2.11. The zero-order valence-electron chi connectivity index (χ0n) is 9.07. The van der Waals surface area contributed by atoms with E-state index in [9.17, 15) is 12.8 Å². The number of hydrogen-bond donors (Lipinski definition) is 0. The van der Waals surface area contributed by atoms with Crippen molar-refractivity contribution in [2.45, 2.75) is 4.90 Å². The highest BCUT2D eigenvalue weighted by Crippen LogP contribution is 2.35. The molecule has 0 unspecified atom stereocenters. The van der Waals surface area contributed by atoms with E-state index in [0.29, 0.717) is 12.1 Å². The first-order valence-corrected chi connectivity index (χ1v) is 6.36. The molecule has 86 valence electrons. The standard InChI is InChI=1S/C11H12FNO2S/c1-13(2)6-8-7-16(14,15)10-5-3-4-9(12)11(8)10/h3-5,7H,6H2,1-2H3. The predicted octanol–water partition coefficient (Wildman–Crippen LogP) is 1.52. The topological polar surface area (TPSA) is 37.4 Å². The van der Waals surface area contributed by atoms with E-state index >= 15 is 0 Å². The highest BCUT2D eigenvalue weighted by atomic mass is 32.2. The van der Waals surface area contributed by atoms with Gasteiger partial charge in [-0.2, -0.15) is 0 Å².